The Morgan fingerprint density at radius 2 is 1.95 bits per heavy atom. The first-order chi connectivity index (χ1) is 9.93. The molecule has 5 nitrogen and oxygen atoms in total. The van der Waals surface area contributed by atoms with Crippen LogP contribution < -0.4 is 15.8 Å². The molecule has 1 aromatic carbocycles. The summed E-state index contributed by atoms with van der Waals surface area (Å²) in [5, 5.41) is 3.27. The number of ether oxygens (including phenoxy) is 1. The molecule has 0 aromatic heterocycles. The molecule has 0 saturated carbocycles. The van der Waals surface area contributed by atoms with Crippen molar-refractivity contribution in [1.82, 2.24) is 5.32 Å². The van der Waals surface area contributed by atoms with Gasteiger partial charge in [0.05, 0.1) is 13.0 Å². The molecule has 0 fully saturated rings. The standard InChI is InChI=1S/C15H21ClN2O3/c1-3-10(2)14(15(17)20)18-13(19)8-9-21-12-6-4-11(16)5-7-12/h4-7,10,14H,3,8-9H2,1-2H3,(H2,17,20)(H,18,19). The summed E-state index contributed by atoms with van der Waals surface area (Å²) in [6.07, 6.45) is 0.915. The van der Waals surface area contributed by atoms with E-state index in [-0.39, 0.29) is 24.9 Å². The van der Waals surface area contributed by atoms with Gasteiger partial charge in [-0.15, -0.1) is 0 Å². The molecule has 6 heteroatoms. The van der Waals surface area contributed by atoms with E-state index in [1.165, 1.54) is 0 Å². The first-order valence-corrected chi connectivity index (χ1v) is 7.28. The summed E-state index contributed by atoms with van der Waals surface area (Å²) >= 11 is 5.76. The zero-order valence-corrected chi connectivity index (χ0v) is 13.0. The number of nitrogens with two attached hydrogens (primary N) is 1. The lowest BCUT2D eigenvalue weighted by molar-refractivity contribution is -0.128. The van der Waals surface area contributed by atoms with Crippen molar-refractivity contribution in [2.24, 2.45) is 11.7 Å². The van der Waals surface area contributed by atoms with Crippen molar-refractivity contribution < 1.29 is 14.3 Å². The molecule has 2 amide bonds. The van der Waals surface area contributed by atoms with Crippen molar-refractivity contribution in [2.45, 2.75) is 32.7 Å². The molecule has 0 saturated heterocycles. The van der Waals surface area contributed by atoms with Gasteiger partial charge in [0.25, 0.3) is 0 Å². The zero-order valence-electron chi connectivity index (χ0n) is 12.3. The molecule has 0 radical (unpaired) electrons. The van der Waals surface area contributed by atoms with Crippen LogP contribution in [0.3, 0.4) is 0 Å². The highest BCUT2D eigenvalue weighted by molar-refractivity contribution is 6.30. The Bertz CT molecular complexity index is 476. The maximum Gasteiger partial charge on any atom is 0.240 e. The number of carbonyl (C=O) groups excluding carboxylic acids is 2. The normalized spacial score (nSPS) is 13.3. The molecular formula is C15H21ClN2O3. The molecule has 1 aromatic rings. The zero-order chi connectivity index (χ0) is 15.8. The molecule has 1 rings (SSSR count). The quantitative estimate of drug-likeness (QED) is 0.771. The fourth-order valence-corrected chi connectivity index (χ4v) is 1.89. The van der Waals surface area contributed by atoms with Crippen molar-refractivity contribution >= 4 is 23.4 Å². The van der Waals surface area contributed by atoms with Crippen LogP contribution in [0.5, 0.6) is 5.75 Å². The lowest BCUT2D eigenvalue weighted by atomic mass is 9.98. The predicted molar refractivity (Wildman–Crippen MR) is 82.1 cm³/mol. The third-order valence-corrected chi connectivity index (χ3v) is 3.50. The smallest absolute Gasteiger partial charge is 0.240 e. The van der Waals surface area contributed by atoms with Crippen LogP contribution in [0.4, 0.5) is 0 Å². The van der Waals surface area contributed by atoms with Crippen LogP contribution in [-0.2, 0) is 9.59 Å². The summed E-state index contributed by atoms with van der Waals surface area (Å²) in [5.41, 5.74) is 5.30. The van der Waals surface area contributed by atoms with Gasteiger partial charge >= 0.3 is 0 Å². The SMILES string of the molecule is CCC(C)C(NC(=O)CCOc1ccc(Cl)cc1)C(N)=O. The maximum atomic E-state index is 11.8. The minimum atomic E-state index is -0.641. The van der Waals surface area contributed by atoms with Crippen LogP contribution in [0, 0.1) is 5.92 Å². The third-order valence-electron chi connectivity index (χ3n) is 3.25. The number of primary amides is 1. The molecule has 116 valence electrons. The van der Waals surface area contributed by atoms with E-state index in [1.807, 2.05) is 13.8 Å². The van der Waals surface area contributed by atoms with E-state index >= 15 is 0 Å². The van der Waals surface area contributed by atoms with E-state index < -0.39 is 11.9 Å². The molecule has 0 bridgehead atoms. The minimum Gasteiger partial charge on any atom is -0.493 e. The fourth-order valence-electron chi connectivity index (χ4n) is 1.77. The number of amides is 2. The molecule has 21 heavy (non-hydrogen) atoms. The summed E-state index contributed by atoms with van der Waals surface area (Å²) in [7, 11) is 0. The van der Waals surface area contributed by atoms with Crippen molar-refractivity contribution in [3.63, 3.8) is 0 Å². The molecule has 0 spiro atoms. The monoisotopic (exact) mass is 312 g/mol. The van der Waals surface area contributed by atoms with Crippen molar-refractivity contribution in [2.75, 3.05) is 6.61 Å². The van der Waals surface area contributed by atoms with Gasteiger partial charge in [0.2, 0.25) is 11.8 Å². The van der Waals surface area contributed by atoms with Gasteiger partial charge in [0.1, 0.15) is 11.8 Å². The van der Waals surface area contributed by atoms with Crippen LogP contribution in [0.1, 0.15) is 26.7 Å². The number of halogens is 1. The minimum absolute atomic E-state index is 0.00336. The van der Waals surface area contributed by atoms with Gasteiger partial charge in [-0.3, -0.25) is 9.59 Å². The molecular weight excluding hydrogens is 292 g/mol. The molecule has 3 N–H and O–H groups in total. The number of nitrogens with one attached hydrogen (secondary N) is 1. The predicted octanol–water partition coefficient (Wildman–Crippen LogP) is 2.13. The molecule has 2 unspecified atom stereocenters. The molecule has 2 atom stereocenters. The first-order valence-electron chi connectivity index (χ1n) is 6.91. The average molecular weight is 313 g/mol. The van der Waals surface area contributed by atoms with Gasteiger partial charge in [0, 0.05) is 5.02 Å². The first kappa shape index (κ1) is 17.3. The van der Waals surface area contributed by atoms with Crippen LogP contribution in [0.15, 0.2) is 24.3 Å². The van der Waals surface area contributed by atoms with E-state index in [9.17, 15) is 9.59 Å². The maximum absolute atomic E-state index is 11.8. The van der Waals surface area contributed by atoms with Crippen LogP contribution >= 0.6 is 11.6 Å². The van der Waals surface area contributed by atoms with Crippen LogP contribution in [0.2, 0.25) is 5.02 Å². The highest BCUT2D eigenvalue weighted by Crippen LogP contribution is 2.15. The Labute approximate surface area is 129 Å². The van der Waals surface area contributed by atoms with E-state index in [1.54, 1.807) is 24.3 Å². The number of hydrogen-bond acceptors (Lipinski definition) is 3. The Hall–Kier alpha value is -1.75. The highest BCUT2D eigenvalue weighted by atomic mass is 35.5. The summed E-state index contributed by atoms with van der Waals surface area (Å²) in [5.74, 6) is -0.131. The van der Waals surface area contributed by atoms with Gasteiger partial charge in [-0.25, -0.2) is 0 Å². The van der Waals surface area contributed by atoms with Gasteiger partial charge in [-0.05, 0) is 30.2 Å². The lowest BCUT2D eigenvalue weighted by Crippen LogP contribution is -2.48. The van der Waals surface area contributed by atoms with Crippen molar-refractivity contribution in [1.29, 1.82) is 0 Å². The second-order valence-electron chi connectivity index (χ2n) is 4.89. The average Bonchev–Trinajstić information content (AvgIpc) is 2.45. The third kappa shape index (κ3) is 6.04. The second-order valence-corrected chi connectivity index (χ2v) is 5.32. The highest BCUT2D eigenvalue weighted by Gasteiger charge is 2.23. The number of rotatable bonds is 8. The lowest BCUT2D eigenvalue weighted by Gasteiger charge is -2.21. The molecule has 0 aliphatic rings. The Morgan fingerprint density at radius 3 is 2.48 bits per heavy atom. The Balaban J connectivity index is 2.39. The van der Waals surface area contributed by atoms with E-state index in [0.717, 1.165) is 6.42 Å². The largest absolute Gasteiger partial charge is 0.493 e. The Morgan fingerprint density at radius 1 is 1.33 bits per heavy atom. The molecule has 0 heterocycles. The van der Waals surface area contributed by atoms with Gasteiger partial charge in [0.15, 0.2) is 0 Å². The summed E-state index contributed by atoms with van der Waals surface area (Å²) < 4.78 is 5.42. The summed E-state index contributed by atoms with van der Waals surface area (Å²) in [4.78, 5) is 23.1. The Kier molecular flexibility index (Phi) is 7.02. The van der Waals surface area contributed by atoms with E-state index in [2.05, 4.69) is 5.32 Å². The van der Waals surface area contributed by atoms with Gasteiger partial charge in [-0.2, -0.15) is 0 Å². The second kappa shape index (κ2) is 8.52. The summed E-state index contributed by atoms with van der Waals surface area (Å²) in [6.45, 7) is 4.04. The molecule has 0 aliphatic heterocycles. The van der Waals surface area contributed by atoms with E-state index in [4.69, 9.17) is 22.1 Å². The number of carbonyl (C=O) groups is 2. The topological polar surface area (TPSA) is 81.4 Å². The fraction of sp³-hybridized carbons (Fsp3) is 0.467. The number of hydrogen-bond donors (Lipinski definition) is 2. The van der Waals surface area contributed by atoms with Crippen LogP contribution in [-0.4, -0.2) is 24.5 Å². The van der Waals surface area contributed by atoms with Gasteiger partial charge in [-0.1, -0.05) is 31.9 Å². The van der Waals surface area contributed by atoms with E-state index in [0.29, 0.717) is 10.8 Å². The van der Waals surface area contributed by atoms with Crippen molar-refractivity contribution in [3.05, 3.63) is 29.3 Å². The van der Waals surface area contributed by atoms with Crippen LogP contribution in [0.25, 0.3) is 0 Å². The molecule has 0 aliphatic carbocycles. The van der Waals surface area contributed by atoms with Crippen molar-refractivity contribution in [3.8, 4) is 5.75 Å². The summed E-state index contributed by atoms with van der Waals surface area (Å²) in [6, 6.07) is 6.24. The number of benzene rings is 1. The van der Waals surface area contributed by atoms with Gasteiger partial charge < -0.3 is 15.8 Å².